The van der Waals surface area contributed by atoms with Crippen molar-refractivity contribution in [2.24, 2.45) is 0 Å². The number of aryl methyl sites for hydroxylation is 1. The van der Waals surface area contributed by atoms with Gasteiger partial charge in [0.15, 0.2) is 5.69 Å². The minimum atomic E-state index is -1.07. The molecule has 0 aromatic carbocycles. The molecule has 18 heavy (non-hydrogen) atoms. The van der Waals surface area contributed by atoms with Crippen LogP contribution in [0, 0.1) is 0 Å². The van der Waals surface area contributed by atoms with Gasteiger partial charge in [-0.05, 0) is 12.1 Å². The van der Waals surface area contributed by atoms with E-state index >= 15 is 0 Å². The summed E-state index contributed by atoms with van der Waals surface area (Å²) in [5.41, 5.74) is 0.431. The van der Waals surface area contributed by atoms with Gasteiger partial charge < -0.3 is 14.8 Å². The van der Waals surface area contributed by atoms with E-state index in [1.165, 1.54) is 6.20 Å². The van der Waals surface area contributed by atoms with Crippen molar-refractivity contribution in [3.05, 3.63) is 41.9 Å². The highest BCUT2D eigenvalue weighted by atomic mass is 16.4. The lowest BCUT2D eigenvalue weighted by atomic mass is 10.3. The fraction of sp³-hybridized carbons (Fsp3) is 0.250. The summed E-state index contributed by atoms with van der Waals surface area (Å²) in [6, 6.07) is 3.32. The lowest BCUT2D eigenvalue weighted by Gasteiger charge is -2.06. The van der Waals surface area contributed by atoms with Crippen LogP contribution in [0.15, 0.2) is 28.9 Å². The molecule has 0 saturated carbocycles. The molecule has 6 heteroatoms. The van der Waals surface area contributed by atoms with Crippen molar-refractivity contribution in [2.75, 3.05) is 5.32 Å². The summed E-state index contributed by atoms with van der Waals surface area (Å²) in [5, 5.41) is 11.9. The molecule has 0 bridgehead atoms. The van der Waals surface area contributed by atoms with E-state index in [-0.39, 0.29) is 5.69 Å². The Morgan fingerprint density at radius 2 is 2.33 bits per heavy atom. The number of aromatic carboxylic acids is 1. The standard InChI is InChI=1S/C12H13N3O3/c1-2-8-6-15-10(18-8)7-14-9-4-3-5-13-11(9)12(16)17/h3-6,14H,2,7H2,1H3,(H,16,17). The second kappa shape index (κ2) is 5.31. The van der Waals surface area contributed by atoms with Gasteiger partial charge >= 0.3 is 5.97 Å². The Kier molecular flexibility index (Phi) is 3.57. The van der Waals surface area contributed by atoms with E-state index in [2.05, 4.69) is 15.3 Å². The number of oxazole rings is 1. The van der Waals surface area contributed by atoms with Crippen molar-refractivity contribution in [3.8, 4) is 0 Å². The highest BCUT2D eigenvalue weighted by Crippen LogP contribution is 2.13. The van der Waals surface area contributed by atoms with E-state index in [4.69, 9.17) is 9.52 Å². The molecule has 0 aliphatic rings. The highest BCUT2D eigenvalue weighted by Gasteiger charge is 2.11. The first-order chi connectivity index (χ1) is 8.70. The molecular weight excluding hydrogens is 234 g/mol. The molecule has 0 atom stereocenters. The summed E-state index contributed by atoms with van der Waals surface area (Å²) in [6.07, 6.45) is 3.88. The van der Waals surface area contributed by atoms with Gasteiger partial charge in [0, 0.05) is 12.6 Å². The van der Waals surface area contributed by atoms with E-state index < -0.39 is 5.97 Å². The van der Waals surface area contributed by atoms with Gasteiger partial charge in [-0.15, -0.1) is 0 Å². The van der Waals surface area contributed by atoms with Gasteiger partial charge in [0.1, 0.15) is 5.76 Å². The molecular formula is C12H13N3O3. The van der Waals surface area contributed by atoms with Gasteiger partial charge in [0.2, 0.25) is 5.89 Å². The lowest BCUT2D eigenvalue weighted by Crippen LogP contribution is -2.08. The zero-order valence-electron chi connectivity index (χ0n) is 9.88. The SMILES string of the molecule is CCc1cnc(CNc2cccnc2C(=O)O)o1. The normalized spacial score (nSPS) is 10.3. The molecule has 6 nitrogen and oxygen atoms in total. The summed E-state index contributed by atoms with van der Waals surface area (Å²) in [7, 11) is 0. The quantitative estimate of drug-likeness (QED) is 0.839. The fourth-order valence-corrected chi connectivity index (χ4v) is 1.48. The molecule has 2 rings (SSSR count). The summed E-state index contributed by atoms with van der Waals surface area (Å²) in [6.45, 7) is 2.30. The molecule has 0 aliphatic carbocycles. The van der Waals surface area contributed by atoms with Crippen LogP contribution in [0.1, 0.15) is 29.1 Å². The van der Waals surface area contributed by atoms with Crippen LogP contribution >= 0.6 is 0 Å². The van der Waals surface area contributed by atoms with E-state index in [0.29, 0.717) is 18.1 Å². The van der Waals surface area contributed by atoms with Gasteiger partial charge in [0.25, 0.3) is 0 Å². The first kappa shape index (κ1) is 12.1. The monoisotopic (exact) mass is 247 g/mol. The number of aromatic nitrogens is 2. The van der Waals surface area contributed by atoms with Crippen LogP contribution in [0.5, 0.6) is 0 Å². The van der Waals surface area contributed by atoms with E-state index in [9.17, 15) is 4.79 Å². The molecule has 2 aromatic heterocycles. The third-order valence-corrected chi connectivity index (χ3v) is 2.39. The second-order valence-electron chi connectivity index (χ2n) is 3.63. The number of anilines is 1. The van der Waals surface area contributed by atoms with Crippen LogP contribution in [-0.2, 0) is 13.0 Å². The number of rotatable bonds is 5. The maximum Gasteiger partial charge on any atom is 0.356 e. The van der Waals surface area contributed by atoms with E-state index in [0.717, 1.165) is 12.2 Å². The second-order valence-corrected chi connectivity index (χ2v) is 3.63. The van der Waals surface area contributed by atoms with E-state index in [1.807, 2.05) is 6.92 Å². The molecule has 0 radical (unpaired) electrons. The number of nitrogens with zero attached hydrogens (tertiary/aromatic N) is 2. The Balaban J connectivity index is 2.08. The first-order valence-electron chi connectivity index (χ1n) is 5.56. The number of hydrogen-bond acceptors (Lipinski definition) is 5. The summed E-state index contributed by atoms with van der Waals surface area (Å²) in [5.74, 6) is 0.253. The predicted octanol–water partition coefficient (Wildman–Crippen LogP) is 1.94. The number of pyridine rings is 1. The summed E-state index contributed by atoms with van der Waals surface area (Å²) >= 11 is 0. The van der Waals surface area contributed by atoms with Crippen LogP contribution in [-0.4, -0.2) is 21.0 Å². The van der Waals surface area contributed by atoms with Crippen molar-refractivity contribution in [1.29, 1.82) is 0 Å². The highest BCUT2D eigenvalue weighted by molar-refractivity contribution is 5.91. The van der Waals surface area contributed by atoms with Crippen molar-refractivity contribution in [3.63, 3.8) is 0 Å². The minimum absolute atomic E-state index is 0.0141. The topological polar surface area (TPSA) is 88.2 Å². The maximum atomic E-state index is 10.9. The molecule has 0 fully saturated rings. The summed E-state index contributed by atoms with van der Waals surface area (Å²) < 4.78 is 5.41. The first-order valence-corrected chi connectivity index (χ1v) is 5.56. The molecule has 0 spiro atoms. The van der Waals surface area contributed by atoms with Crippen molar-refractivity contribution in [2.45, 2.75) is 19.9 Å². The van der Waals surface area contributed by atoms with Crippen LogP contribution in [0.25, 0.3) is 0 Å². The molecule has 0 amide bonds. The average Bonchev–Trinajstić information content (AvgIpc) is 2.84. The molecule has 0 aliphatic heterocycles. The average molecular weight is 247 g/mol. The largest absolute Gasteiger partial charge is 0.476 e. The smallest absolute Gasteiger partial charge is 0.356 e. The number of carboxylic acid groups (broad SMARTS) is 1. The van der Waals surface area contributed by atoms with Crippen molar-refractivity contribution in [1.82, 2.24) is 9.97 Å². The molecule has 94 valence electrons. The van der Waals surface area contributed by atoms with Crippen LogP contribution < -0.4 is 5.32 Å². The van der Waals surface area contributed by atoms with Gasteiger partial charge in [-0.1, -0.05) is 6.92 Å². The number of nitrogens with one attached hydrogen (secondary N) is 1. The Labute approximate surface area is 104 Å². The molecule has 2 heterocycles. The zero-order chi connectivity index (χ0) is 13.0. The Hall–Kier alpha value is -2.37. The Morgan fingerprint density at radius 3 is 3.00 bits per heavy atom. The minimum Gasteiger partial charge on any atom is -0.476 e. The van der Waals surface area contributed by atoms with Crippen LogP contribution in [0.3, 0.4) is 0 Å². The third kappa shape index (κ3) is 2.65. The zero-order valence-corrected chi connectivity index (χ0v) is 9.88. The number of hydrogen-bond donors (Lipinski definition) is 2. The van der Waals surface area contributed by atoms with Gasteiger partial charge in [-0.3, -0.25) is 0 Å². The molecule has 2 N–H and O–H groups in total. The lowest BCUT2D eigenvalue weighted by molar-refractivity contribution is 0.0691. The number of carbonyl (C=O) groups is 1. The third-order valence-electron chi connectivity index (χ3n) is 2.39. The van der Waals surface area contributed by atoms with E-state index in [1.54, 1.807) is 18.3 Å². The van der Waals surface area contributed by atoms with Crippen LogP contribution in [0.2, 0.25) is 0 Å². The summed E-state index contributed by atoms with van der Waals surface area (Å²) in [4.78, 5) is 18.8. The fourth-order valence-electron chi connectivity index (χ4n) is 1.48. The maximum absolute atomic E-state index is 10.9. The Morgan fingerprint density at radius 1 is 1.50 bits per heavy atom. The van der Waals surface area contributed by atoms with Crippen molar-refractivity contribution < 1.29 is 14.3 Å². The van der Waals surface area contributed by atoms with Gasteiger partial charge in [-0.25, -0.2) is 14.8 Å². The predicted molar refractivity (Wildman–Crippen MR) is 64.4 cm³/mol. The van der Waals surface area contributed by atoms with Crippen LogP contribution in [0.4, 0.5) is 5.69 Å². The number of carboxylic acids is 1. The van der Waals surface area contributed by atoms with Gasteiger partial charge in [0.05, 0.1) is 18.4 Å². The van der Waals surface area contributed by atoms with Crippen molar-refractivity contribution >= 4 is 11.7 Å². The van der Waals surface area contributed by atoms with Gasteiger partial charge in [-0.2, -0.15) is 0 Å². The molecule has 0 unspecified atom stereocenters. The Bertz CT molecular complexity index is 551. The molecule has 0 saturated heterocycles. The molecule has 2 aromatic rings.